The van der Waals surface area contributed by atoms with Crippen molar-refractivity contribution in [3.8, 4) is 11.3 Å². The summed E-state index contributed by atoms with van der Waals surface area (Å²) in [4.78, 5) is 0. The summed E-state index contributed by atoms with van der Waals surface area (Å²) in [5, 5.41) is 0. The Morgan fingerprint density at radius 2 is 2.08 bits per heavy atom. The Hall–Kier alpha value is -1.09. The fraction of sp³-hybridized carbons (Fsp3) is 0. The number of furan rings is 1. The van der Waals surface area contributed by atoms with Crippen LogP contribution >= 0.6 is 15.9 Å². The van der Waals surface area contributed by atoms with Crippen LogP contribution in [0.1, 0.15) is 0 Å². The SMILES string of the molecule is Fc1ccc(Br)cc1-c1ccco1. The van der Waals surface area contributed by atoms with Gasteiger partial charge in [-0.1, -0.05) is 15.9 Å². The van der Waals surface area contributed by atoms with Gasteiger partial charge in [-0.15, -0.1) is 0 Å². The van der Waals surface area contributed by atoms with Crippen molar-refractivity contribution in [1.29, 1.82) is 0 Å². The first-order valence-electron chi connectivity index (χ1n) is 3.76. The molecule has 2 rings (SSSR count). The summed E-state index contributed by atoms with van der Waals surface area (Å²) in [6.07, 6.45) is 1.52. The molecule has 0 radical (unpaired) electrons. The van der Waals surface area contributed by atoms with Gasteiger partial charge < -0.3 is 4.42 Å². The van der Waals surface area contributed by atoms with E-state index in [1.807, 2.05) is 0 Å². The van der Waals surface area contributed by atoms with Crippen molar-refractivity contribution in [2.45, 2.75) is 0 Å². The highest BCUT2D eigenvalue weighted by molar-refractivity contribution is 9.10. The predicted molar refractivity (Wildman–Crippen MR) is 51.8 cm³/mol. The van der Waals surface area contributed by atoms with Gasteiger partial charge in [-0.3, -0.25) is 0 Å². The van der Waals surface area contributed by atoms with E-state index in [4.69, 9.17) is 4.42 Å². The Bertz CT molecular complexity index is 409. The second-order valence-corrected chi connectivity index (χ2v) is 3.52. The lowest BCUT2D eigenvalue weighted by Crippen LogP contribution is -1.81. The molecular formula is C10H6BrFO. The van der Waals surface area contributed by atoms with E-state index < -0.39 is 0 Å². The number of rotatable bonds is 1. The van der Waals surface area contributed by atoms with Crippen molar-refractivity contribution >= 4 is 15.9 Å². The van der Waals surface area contributed by atoms with Crippen molar-refractivity contribution in [2.24, 2.45) is 0 Å². The summed E-state index contributed by atoms with van der Waals surface area (Å²) in [7, 11) is 0. The van der Waals surface area contributed by atoms with Gasteiger partial charge in [0.25, 0.3) is 0 Å². The maximum Gasteiger partial charge on any atom is 0.136 e. The molecule has 3 heteroatoms. The van der Waals surface area contributed by atoms with E-state index in [1.165, 1.54) is 12.3 Å². The Morgan fingerprint density at radius 1 is 1.23 bits per heavy atom. The maximum absolute atomic E-state index is 13.3. The third kappa shape index (κ3) is 1.65. The number of benzene rings is 1. The number of hydrogen-bond acceptors (Lipinski definition) is 1. The summed E-state index contributed by atoms with van der Waals surface area (Å²) >= 11 is 3.27. The molecule has 0 bridgehead atoms. The van der Waals surface area contributed by atoms with Crippen molar-refractivity contribution < 1.29 is 8.81 Å². The van der Waals surface area contributed by atoms with Crippen LogP contribution in [0.25, 0.3) is 11.3 Å². The lowest BCUT2D eigenvalue weighted by atomic mass is 10.1. The van der Waals surface area contributed by atoms with Crippen LogP contribution in [-0.2, 0) is 0 Å². The molecule has 1 nitrogen and oxygen atoms in total. The molecule has 1 aromatic carbocycles. The molecule has 0 saturated heterocycles. The van der Waals surface area contributed by atoms with Crippen LogP contribution < -0.4 is 0 Å². The maximum atomic E-state index is 13.3. The van der Waals surface area contributed by atoms with Gasteiger partial charge in [-0.05, 0) is 30.3 Å². The molecule has 0 aliphatic carbocycles. The van der Waals surface area contributed by atoms with E-state index in [1.54, 1.807) is 24.3 Å². The van der Waals surface area contributed by atoms with E-state index in [2.05, 4.69) is 15.9 Å². The molecule has 0 spiro atoms. The van der Waals surface area contributed by atoms with Gasteiger partial charge in [-0.2, -0.15) is 0 Å². The van der Waals surface area contributed by atoms with Crippen LogP contribution in [0, 0.1) is 5.82 Å². The fourth-order valence-electron chi connectivity index (χ4n) is 1.12. The normalized spacial score (nSPS) is 10.3. The molecule has 13 heavy (non-hydrogen) atoms. The highest BCUT2D eigenvalue weighted by Crippen LogP contribution is 2.26. The largest absolute Gasteiger partial charge is 0.464 e. The molecule has 1 aromatic heterocycles. The molecule has 2 aromatic rings. The summed E-state index contributed by atoms with van der Waals surface area (Å²) in [5.74, 6) is 0.261. The molecule has 0 aliphatic heterocycles. The van der Waals surface area contributed by atoms with Gasteiger partial charge >= 0.3 is 0 Å². The van der Waals surface area contributed by atoms with Gasteiger partial charge in [0.2, 0.25) is 0 Å². The van der Waals surface area contributed by atoms with Crippen molar-refractivity contribution in [2.75, 3.05) is 0 Å². The first kappa shape index (κ1) is 8.51. The Kier molecular flexibility index (Phi) is 2.19. The number of hydrogen-bond donors (Lipinski definition) is 0. The molecule has 0 atom stereocenters. The minimum Gasteiger partial charge on any atom is -0.464 e. The van der Waals surface area contributed by atoms with Crippen molar-refractivity contribution in [3.63, 3.8) is 0 Å². The van der Waals surface area contributed by atoms with Crippen molar-refractivity contribution in [1.82, 2.24) is 0 Å². The third-order valence-electron chi connectivity index (χ3n) is 1.72. The zero-order valence-electron chi connectivity index (χ0n) is 6.63. The average Bonchev–Trinajstić information content (AvgIpc) is 2.61. The molecular weight excluding hydrogens is 235 g/mol. The van der Waals surface area contributed by atoms with Crippen LogP contribution in [-0.4, -0.2) is 0 Å². The van der Waals surface area contributed by atoms with Gasteiger partial charge in [0.05, 0.1) is 11.8 Å². The van der Waals surface area contributed by atoms with E-state index >= 15 is 0 Å². The van der Waals surface area contributed by atoms with E-state index in [0.29, 0.717) is 11.3 Å². The smallest absolute Gasteiger partial charge is 0.136 e. The molecule has 0 N–H and O–H groups in total. The van der Waals surface area contributed by atoms with Gasteiger partial charge in [0.1, 0.15) is 11.6 Å². The Morgan fingerprint density at radius 3 is 2.77 bits per heavy atom. The summed E-state index contributed by atoms with van der Waals surface area (Å²) in [6.45, 7) is 0. The van der Waals surface area contributed by atoms with E-state index in [9.17, 15) is 4.39 Å². The van der Waals surface area contributed by atoms with Crippen molar-refractivity contribution in [3.05, 3.63) is 46.9 Å². The Balaban J connectivity index is 2.57. The molecule has 0 amide bonds. The van der Waals surface area contributed by atoms with E-state index in [0.717, 1.165) is 4.47 Å². The first-order chi connectivity index (χ1) is 6.27. The number of halogens is 2. The average molecular weight is 241 g/mol. The zero-order chi connectivity index (χ0) is 9.26. The second-order valence-electron chi connectivity index (χ2n) is 2.60. The van der Waals surface area contributed by atoms with Crippen LogP contribution in [0.3, 0.4) is 0 Å². The molecule has 66 valence electrons. The predicted octanol–water partition coefficient (Wildman–Crippen LogP) is 3.85. The molecule has 0 aliphatic rings. The first-order valence-corrected chi connectivity index (χ1v) is 4.55. The molecule has 1 heterocycles. The molecule has 0 saturated carbocycles. The summed E-state index contributed by atoms with van der Waals surface area (Å²) < 4.78 is 19.2. The third-order valence-corrected chi connectivity index (χ3v) is 2.21. The van der Waals surface area contributed by atoms with Crippen LogP contribution in [0.2, 0.25) is 0 Å². The van der Waals surface area contributed by atoms with Crippen LogP contribution in [0.15, 0.2) is 45.5 Å². The fourth-order valence-corrected chi connectivity index (χ4v) is 1.48. The zero-order valence-corrected chi connectivity index (χ0v) is 8.21. The standard InChI is InChI=1S/C10H6BrFO/c11-7-3-4-9(12)8(6-7)10-2-1-5-13-10/h1-6H. The highest BCUT2D eigenvalue weighted by atomic mass is 79.9. The van der Waals surface area contributed by atoms with Crippen LogP contribution in [0.4, 0.5) is 4.39 Å². The highest BCUT2D eigenvalue weighted by Gasteiger charge is 2.07. The van der Waals surface area contributed by atoms with Crippen LogP contribution in [0.5, 0.6) is 0 Å². The second kappa shape index (κ2) is 3.34. The Labute approximate surface area is 83.3 Å². The lowest BCUT2D eigenvalue weighted by Gasteiger charge is -1.99. The van der Waals surface area contributed by atoms with Gasteiger partial charge in [-0.25, -0.2) is 4.39 Å². The topological polar surface area (TPSA) is 13.1 Å². The van der Waals surface area contributed by atoms with Gasteiger partial charge in [0.15, 0.2) is 0 Å². The van der Waals surface area contributed by atoms with Gasteiger partial charge in [0, 0.05) is 4.47 Å². The molecule has 0 unspecified atom stereocenters. The monoisotopic (exact) mass is 240 g/mol. The lowest BCUT2D eigenvalue weighted by molar-refractivity contribution is 0.569. The minimum absolute atomic E-state index is 0.279. The minimum atomic E-state index is -0.279. The summed E-state index contributed by atoms with van der Waals surface area (Å²) in [6, 6.07) is 8.21. The quantitative estimate of drug-likeness (QED) is 0.739. The summed E-state index contributed by atoms with van der Waals surface area (Å²) in [5.41, 5.74) is 0.472. The molecule has 0 fully saturated rings. The van der Waals surface area contributed by atoms with E-state index in [-0.39, 0.29) is 5.82 Å².